The van der Waals surface area contributed by atoms with Crippen LogP contribution in [-0.4, -0.2) is 36.9 Å². The molecule has 1 aromatic rings. The molecule has 0 radical (unpaired) electrons. The Hall–Kier alpha value is -1.82. The minimum atomic E-state index is -1.15. The number of aromatic carboxylic acids is 1. The number of carboxylic acids is 1. The molecule has 0 saturated carbocycles. The summed E-state index contributed by atoms with van der Waals surface area (Å²) >= 11 is 0. The van der Waals surface area contributed by atoms with Crippen LogP contribution in [0.2, 0.25) is 0 Å². The van der Waals surface area contributed by atoms with Crippen LogP contribution in [0.5, 0.6) is 0 Å². The molecule has 2 rings (SSSR count). The Kier molecular flexibility index (Phi) is 3.90. The number of halogens is 1. The molecule has 1 fully saturated rings. The van der Waals surface area contributed by atoms with Crippen molar-refractivity contribution < 1.29 is 19.0 Å². The van der Waals surface area contributed by atoms with Crippen molar-refractivity contribution in [2.75, 3.05) is 30.3 Å². The van der Waals surface area contributed by atoms with Crippen LogP contribution in [0.4, 0.5) is 15.8 Å². The first kappa shape index (κ1) is 13.6. The molecular formula is C13H17FN2O3. The zero-order valence-electron chi connectivity index (χ0n) is 10.7. The summed E-state index contributed by atoms with van der Waals surface area (Å²) in [5.74, 6) is -1.65. The highest BCUT2D eigenvalue weighted by Crippen LogP contribution is 2.27. The third-order valence-corrected chi connectivity index (χ3v) is 3.28. The fourth-order valence-electron chi connectivity index (χ4n) is 2.19. The van der Waals surface area contributed by atoms with Gasteiger partial charge in [-0.3, -0.25) is 0 Å². The lowest BCUT2D eigenvalue weighted by molar-refractivity contribution is 0.0382. The van der Waals surface area contributed by atoms with E-state index >= 15 is 0 Å². The highest BCUT2D eigenvalue weighted by Gasteiger charge is 2.23. The molecule has 1 atom stereocenters. The molecule has 0 aliphatic carbocycles. The topological polar surface area (TPSA) is 75.8 Å². The average molecular weight is 268 g/mol. The number of anilines is 2. The van der Waals surface area contributed by atoms with Crippen molar-refractivity contribution >= 4 is 17.3 Å². The monoisotopic (exact) mass is 268 g/mol. The zero-order chi connectivity index (χ0) is 14.0. The number of morpholine rings is 1. The molecule has 1 heterocycles. The van der Waals surface area contributed by atoms with E-state index in [4.69, 9.17) is 15.6 Å². The number of nitrogens with two attached hydrogens (primary N) is 1. The summed E-state index contributed by atoms with van der Waals surface area (Å²) in [6.07, 6.45) is 0.873. The summed E-state index contributed by atoms with van der Waals surface area (Å²) in [6, 6.07) is 2.36. The van der Waals surface area contributed by atoms with Gasteiger partial charge in [0.05, 0.1) is 24.0 Å². The van der Waals surface area contributed by atoms with Crippen LogP contribution in [0.25, 0.3) is 0 Å². The van der Waals surface area contributed by atoms with Gasteiger partial charge >= 0.3 is 5.97 Å². The number of ether oxygens (including phenoxy) is 1. The van der Waals surface area contributed by atoms with Crippen molar-refractivity contribution in [3.8, 4) is 0 Å². The van der Waals surface area contributed by atoms with E-state index in [1.165, 1.54) is 6.07 Å². The number of nitrogen functional groups attached to an aromatic ring is 1. The molecule has 3 N–H and O–H groups in total. The van der Waals surface area contributed by atoms with Crippen LogP contribution in [0.15, 0.2) is 12.1 Å². The van der Waals surface area contributed by atoms with E-state index in [2.05, 4.69) is 0 Å². The van der Waals surface area contributed by atoms with Gasteiger partial charge in [-0.1, -0.05) is 6.92 Å². The van der Waals surface area contributed by atoms with Gasteiger partial charge in [0.2, 0.25) is 0 Å². The van der Waals surface area contributed by atoms with E-state index in [-0.39, 0.29) is 23.0 Å². The zero-order valence-corrected chi connectivity index (χ0v) is 10.7. The first-order valence-electron chi connectivity index (χ1n) is 6.21. The Morgan fingerprint density at radius 3 is 3.00 bits per heavy atom. The molecule has 5 nitrogen and oxygen atoms in total. The molecule has 0 aromatic heterocycles. The van der Waals surface area contributed by atoms with Crippen molar-refractivity contribution in [2.45, 2.75) is 19.4 Å². The number of nitrogens with zero attached hydrogens (tertiary/aromatic N) is 1. The van der Waals surface area contributed by atoms with Gasteiger partial charge in [0.25, 0.3) is 0 Å². The van der Waals surface area contributed by atoms with Gasteiger partial charge in [-0.25, -0.2) is 9.18 Å². The second-order valence-corrected chi connectivity index (χ2v) is 4.54. The van der Waals surface area contributed by atoms with Crippen molar-refractivity contribution in [3.63, 3.8) is 0 Å². The minimum absolute atomic E-state index is 0.0407. The second-order valence-electron chi connectivity index (χ2n) is 4.54. The molecule has 1 unspecified atom stereocenters. The first-order valence-corrected chi connectivity index (χ1v) is 6.21. The van der Waals surface area contributed by atoms with Gasteiger partial charge in [0, 0.05) is 18.8 Å². The van der Waals surface area contributed by atoms with Gasteiger partial charge in [-0.2, -0.15) is 0 Å². The number of carbonyl (C=O) groups is 1. The molecule has 1 aliphatic heterocycles. The third-order valence-electron chi connectivity index (χ3n) is 3.28. The standard InChI is InChI=1S/C13H17FN2O3/c1-2-8-7-16(3-4-19-8)12-5-9(13(17)18)11(15)6-10(12)14/h5-6,8H,2-4,7,15H2,1H3,(H,17,18). The average Bonchev–Trinajstić information content (AvgIpc) is 2.38. The van der Waals surface area contributed by atoms with Crippen molar-refractivity contribution in [2.24, 2.45) is 0 Å². The summed E-state index contributed by atoms with van der Waals surface area (Å²) < 4.78 is 19.5. The molecule has 0 spiro atoms. The van der Waals surface area contributed by atoms with Crippen LogP contribution in [0, 0.1) is 5.82 Å². The van der Waals surface area contributed by atoms with Crippen LogP contribution >= 0.6 is 0 Å². The Morgan fingerprint density at radius 2 is 2.37 bits per heavy atom. The van der Waals surface area contributed by atoms with E-state index in [1.807, 2.05) is 6.92 Å². The Morgan fingerprint density at radius 1 is 1.63 bits per heavy atom. The van der Waals surface area contributed by atoms with Crippen molar-refractivity contribution in [3.05, 3.63) is 23.5 Å². The number of carboxylic acid groups (broad SMARTS) is 1. The van der Waals surface area contributed by atoms with Crippen LogP contribution < -0.4 is 10.6 Å². The smallest absolute Gasteiger partial charge is 0.337 e. The van der Waals surface area contributed by atoms with Gasteiger partial charge < -0.3 is 20.5 Å². The molecule has 1 saturated heterocycles. The summed E-state index contributed by atoms with van der Waals surface area (Å²) in [7, 11) is 0. The number of rotatable bonds is 3. The lowest BCUT2D eigenvalue weighted by atomic mass is 10.1. The fourth-order valence-corrected chi connectivity index (χ4v) is 2.19. The number of benzene rings is 1. The summed E-state index contributed by atoms with van der Waals surface area (Å²) in [4.78, 5) is 12.8. The van der Waals surface area contributed by atoms with E-state index < -0.39 is 11.8 Å². The van der Waals surface area contributed by atoms with Gasteiger partial charge in [0.1, 0.15) is 5.82 Å². The van der Waals surface area contributed by atoms with E-state index in [0.717, 1.165) is 12.5 Å². The maximum absolute atomic E-state index is 14.0. The van der Waals surface area contributed by atoms with E-state index in [9.17, 15) is 9.18 Å². The van der Waals surface area contributed by atoms with Gasteiger partial charge in [-0.15, -0.1) is 0 Å². The van der Waals surface area contributed by atoms with Crippen LogP contribution in [0.3, 0.4) is 0 Å². The lowest BCUT2D eigenvalue weighted by Gasteiger charge is -2.34. The predicted octanol–water partition coefficient (Wildman–Crippen LogP) is 1.72. The summed E-state index contributed by atoms with van der Waals surface area (Å²) in [5.41, 5.74) is 5.65. The molecular weight excluding hydrogens is 251 g/mol. The Bertz CT molecular complexity index is 493. The Balaban J connectivity index is 2.33. The molecule has 19 heavy (non-hydrogen) atoms. The lowest BCUT2D eigenvalue weighted by Crippen LogP contribution is -2.42. The molecule has 104 valence electrons. The molecule has 1 aromatic carbocycles. The van der Waals surface area contributed by atoms with Crippen LogP contribution in [0.1, 0.15) is 23.7 Å². The van der Waals surface area contributed by atoms with Crippen molar-refractivity contribution in [1.29, 1.82) is 0 Å². The molecule has 6 heteroatoms. The molecule has 0 bridgehead atoms. The Labute approximate surface area is 110 Å². The summed E-state index contributed by atoms with van der Waals surface area (Å²) in [5, 5.41) is 9.03. The normalized spacial score (nSPS) is 19.5. The van der Waals surface area contributed by atoms with Crippen molar-refractivity contribution in [1.82, 2.24) is 0 Å². The minimum Gasteiger partial charge on any atom is -0.478 e. The number of hydrogen-bond acceptors (Lipinski definition) is 4. The highest BCUT2D eigenvalue weighted by molar-refractivity contribution is 5.95. The first-order chi connectivity index (χ1) is 9.02. The summed E-state index contributed by atoms with van der Waals surface area (Å²) in [6.45, 7) is 3.59. The fraction of sp³-hybridized carbons (Fsp3) is 0.462. The largest absolute Gasteiger partial charge is 0.478 e. The third kappa shape index (κ3) is 2.78. The second kappa shape index (κ2) is 5.44. The van der Waals surface area contributed by atoms with Gasteiger partial charge in [0.15, 0.2) is 0 Å². The van der Waals surface area contributed by atoms with Crippen LogP contribution in [-0.2, 0) is 4.74 Å². The number of hydrogen-bond donors (Lipinski definition) is 2. The van der Waals surface area contributed by atoms with E-state index in [1.54, 1.807) is 4.90 Å². The molecule has 1 aliphatic rings. The highest BCUT2D eigenvalue weighted by atomic mass is 19.1. The quantitative estimate of drug-likeness (QED) is 0.816. The molecule has 0 amide bonds. The predicted molar refractivity (Wildman–Crippen MR) is 70.0 cm³/mol. The maximum atomic E-state index is 14.0. The SMILES string of the molecule is CCC1CN(c2cc(C(=O)O)c(N)cc2F)CCO1. The van der Waals surface area contributed by atoms with E-state index in [0.29, 0.717) is 19.7 Å². The maximum Gasteiger partial charge on any atom is 0.337 e. The van der Waals surface area contributed by atoms with Gasteiger partial charge in [-0.05, 0) is 18.6 Å².